The number of imidazole rings is 1. The smallest absolute Gasteiger partial charge is 0.271 e. The Labute approximate surface area is 122 Å². The number of aromatic nitrogens is 2. The van der Waals surface area contributed by atoms with Crippen LogP contribution in [0.3, 0.4) is 0 Å². The molecule has 2 aromatic rings. The molecule has 1 aliphatic heterocycles. The van der Waals surface area contributed by atoms with E-state index in [1.54, 1.807) is 6.07 Å². The van der Waals surface area contributed by atoms with Gasteiger partial charge in [0.05, 0.1) is 16.0 Å². The quantitative estimate of drug-likeness (QED) is 0.650. The molecule has 0 amide bonds. The molecule has 1 aliphatic rings. The van der Waals surface area contributed by atoms with Gasteiger partial charge in [-0.3, -0.25) is 10.1 Å². The molecule has 0 aliphatic carbocycles. The zero-order valence-electron chi connectivity index (χ0n) is 12.2. The number of H-pyrrole nitrogens is 1. The lowest BCUT2D eigenvalue weighted by Gasteiger charge is -2.42. The topological polar surface area (TPSA) is 101 Å². The van der Waals surface area contributed by atoms with Crippen molar-refractivity contribution in [1.82, 2.24) is 9.97 Å². The SMILES string of the molecule is CC1(C)CN(c2nc3ccc([N+](=O)[O-])cc3[nH]2)CCC1N. The van der Waals surface area contributed by atoms with E-state index < -0.39 is 4.92 Å². The zero-order valence-corrected chi connectivity index (χ0v) is 12.2. The molecule has 21 heavy (non-hydrogen) atoms. The number of nitrogens with zero attached hydrogens (tertiary/aromatic N) is 3. The molecule has 1 aromatic heterocycles. The third-order valence-electron chi connectivity index (χ3n) is 4.28. The summed E-state index contributed by atoms with van der Waals surface area (Å²) in [5.41, 5.74) is 7.66. The first-order chi connectivity index (χ1) is 9.87. The maximum Gasteiger partial charge on any atom is 0.271 e. The van der Waals surface area contributed by atoms with Gasteiger partial charge in [0.2, 0.25) is 5.95 Å². The first kappa shape index (κ1) is 13.8. The molecule has 1 atom stereocenters. The summed E-state index contributed by atoms with van der Waals surface area (Å²) in [7, 11) is 0. The highest BCUT2D eigenvalue weighted by atomic mass is 16.6. The molecule has 3 N–H and O–H groups in total. The normalized spacial score (nSPS) is 21.7. The Morgan fingerprint density at radius 2 is 2.29 bits per heavy atom. The minimum absolute atomic E-state index is 0.0171. The second-order valence-corrected chi connectivity index (χ2v) is 6.32. The van der Waals surface area contributed by atoms with E-state index in [9.17, 15) is 10.1 Å². The largest absolute Gasteiger partial charge is 0.342 e. The van der Waals surface area contributed by atoms with E-state index in [-0.39, 0.29) is 17.1 Å². The van der Waals surface area contributed by atoms with Crippen LogP contribution in [0.1, 0.15) is 20.3 Å². The van der Waals surface area contributed by atoms with Crippen molar-refractivity contribution in [3.63, 3.8) is 0 Å². The highest BCUT2D eigenvalue weighted by Gasteiger charge is 2.34. The fourth-order valence-electron chi connectivity index (χ4n) is 2.80. The van der Waals surface area contributed by atoms with Crippen molar-refractivity contribution in [3.8, 4) is 0 Å². The van der Waals surface area contributed by atoms with Crippen molar-refractivity contribution >= 4 is 22.7 Å². The fraction of sp³-hybridized carbons (Fsp3) is 0.500. The highest BCUT2D eigenvalue weighted by Crippen LogP contribution is 2.31. The van der Waals surface area contributed by atoms with E-state index in [1.807, 2.05) is 0 Å². The number of hydrogen-bond donors (Lipinski definition) is 2. The number of nitrogens with two attached hydrogens (primary N) is 1. The number of non-ortho nitro benzene ring substituents is 1. The Morgan fingerprint density at radius 1 is 1.52 bits per heavy atom. The van der Waals surface area contributed by atoms with E-state index in [0.717, 1.165) is 31.0 Å². The van der Waals surface area contributed by atoms with E-state index in [0.29, 0.717) is 5.52 Å². The predicted molar refractivity (Wildman–Crippen MR) is 81.3 cm³/mol. The van der Waals surface area contributed by atoms with Crippen molar-refractivity contribution < 1.29 is 4.92 Å². The van der Waals surface area contributed by atoms with Crippen LogP contribution in [0.4, 0.5) is 11.6 Å². The van der Waals surface area contributed by atoms with Gasteiger partial charge >= 0.3 is 0 Å². The van der Waals surface area contributed by atoms with Crippen LogP contribution < -0.4 is 10.6 Å². The number of nitro benzene ring substituents is 1. The third kappa shape index (κ3) is 2.44. The summed E-state index contributed by atoms with van der Waals surface area (Å²) in [6.07, 6.45) is 0.907. The second-order valence-electron chi connectivity index (χ2n) is 6.32. The summed E-state index contributed by atoms with van der Waals surface area (Å²) >= 11 is 0. The molecule has 3 rings (SSSR count). The minimum atomic E-state index is -0.400. The molecule has 1 saturated heterocycles. The molecule has 1 fully saturated rings. The van der Waals surface area contributed by atoms with E-state index in [1.165, 1.54) is 12.1 Å². The number of rotatable bonds is 2. The van der Waals surface area contributed by atoms with Gasteiger partial charge in [-0.1, -0.05) is 13.8 Å². The highest BCUT2D eigenvalue weighted by molar-refractivity contribution is 5.80. The van der Waals surface area contributed by atoms with Gasteiger partial charge < -0.3 is 15.6 Å². The summed E-state index contributed by atoms with van der Waals surface area (Å²) in [4.78, 5) is 20.3. The Bertz CT molecular complexity index is 694. The van der Waals surface area contributed by atoms with E-state index in [2.05, 4.69) is 28.7 Å². The number of nitrogens with one attached hydrogen (secondary N) is 1. The van der Waals surface area contributed by atoms with Crippen molar-refractivity contribution in [2.75, 3.05) is 18.0 Å². The Kier molecular flexibility index (Phi) is 3.09. The third-order valence-corrected chi connectivity index (χ3v) is 4.28. The Hall–Kier alpha value is -2.15. The zero-order chi connectivity index (χ0) is 15.2. The van der Waals surface area contributed by atoms with Crippen LogP contribution in [0.15, 0.2) is 18.2 Å². The van der Waals surface area contributed by atoms with Gasteiger partial charge in [-0.05, 0) is 17.9 Å². The number of nitro groups is 1. The van der Waals surface area contributed by atoms with Crippen LogP contribution in [0.2, 0.25) is 0 Å². The molecule has 0 spiro atoms. The molecule has 0 saturated carbocycles. The average molecular weight is 289 g/mol. The molecular weight excluding hydrogens is 270 g/mol. The van der Waals surface area contributed by atoms with Gasteiger partial charge in [0.25, 0.3) is 5.69 Å². The first-order valence-corrected chi connectivity index (χ1v) is 7.01. The molecule has 0 radical (unpaired) electrons. The maximum atomic E-state index is 10.8. The molecule has 7 heteroatoms. The van der Waals surface area contributed by atoms with Crippen molar-refractivity contribution in [1.29, 1.82) is 0 Å². The maximum absolute atomic E-state index is 10.8. The number of piperidine rings is 1. The van der Waals surface area contributed by atoms with Gasteiger partial charge in [0, 0.05) is 31.3 Å². The number of aromatic amines is 1. The monoisotopic (exact) mass is 289 g/mol. The van der Waals surface area contributed by atoms with Gasteiger partial charge in [0.1, 0.15) is 0 Å². The number of hydrogen-bond acceptors (Lipinski definition) is 5. The molecule has 0 bridgehead atoms. The molecule has 2 heterocycles. The average Bonchev–Trinajstić information content (AvgIpc) is 2.84. The summed E-state index contributed by atoms with van der Waals surface area (Å²) < 4.78 is 0. The lowest BCUT2D eigenvalue weighted by atomic mass is 9.80. The van der Waals surface area contributed by atoms with Gasteiger partial charge in [-0.2, -0.15) is 0 Å². The lowest BCUT2D eigenvalue weighted by Crippen LogP contribution is -2.52. The second kappa shape index (κ2) is 4.70. The minimum Gasteiger partial charge on any atom is -0.342 e. The summed E-state index contributed by atoms with van der Waals surface area (Å²) in [5, 5.41) is 10.8. The van der Waals surface area contributed by atoms with Crippen LogP contribution in [0.5, 0.6) is 0 Å². The number of fused-ring (bicyclic) bond motifs is 1. The standard InChI is InChI=1S/C14H19N5O2/c1-14(2)8-18(6-5-12(14)15)13-16-10-4-3-9(19(20)21)7-11(10)17-13/h3-4,7,12H,5-6,8,15H2,1-2H3,(H,16,17). The predicted octanol–water partition coefficient (Wildman–Crippen LogP) is 2.03. The molecule has 1 aromatic carbocycles. The summed E-state index contributed by atoms with van der Waals surface area (Å²) in [6.45, 7) is 5.96. The number of benzene rings is 1. The van der Waals surface area contributed by atoms with Crippen molar-refractivity contribution in [2.45, 2.75) is 26.3 Å². The molecular formula is C14H19N5O2. The van der Waals surface area contributed by atoms with Crippen LogP contribution in [0.25, 0.3) is 11.0 Å². The number of anilines is 1. The Morgan fingerprint density at radius 3 is 2.95 bits per heavy atom. The van der Waals surface area contributed by atoms with E-state index >= 15 is 0 Å². The summed E-state index contributed by atoms with van der Waals surface area (Å²) in [5.74, 6) is 0.755. The van der Waals surface area contributed by atoms with Gasteiger partial charge in [-0.25, -0.2) is 4.98 Å². The van der Waals surface area contributed by atoms with Crippen molar-refractivity contribution in [2.24, 2.45) is 11.1 Å². The van der Waals surface area contributed by atoms with Gasteiger partial charge in [-0.15, -0.1) is 0 Å². The lowest BCUT2D eigenvalue weighted by molar-refractivity contribution is -0.384. The Balaban J connectivity index is 1.92. The van der Waals surface area contributed by atoms with E-state index in [4.69, 9.17) is 5.73 Å². The van der Waals surface area contributed by atoms with Crippen LogP contribution in [0, 0.1) is 15.5 Å². The summed E-state index contributed by atoms with van der Waals surface area (Å²) in [6, 6.07) is 4.85. The molecule has 112 valence electrons. The van der Waals surface area contributed by atoms with Crippen LogP contribution in [-0.4, -0.2) is 34.0 Å². The fourth-order valence-corrected chi connectivity index (χ4v) is 2.80. The van der Waals surface area contributed by atoms with Crippen molar-refractivity contribution in [3.05, 3.63) is 28.3 Å². The van der Waals surface area contributed by atoms with Gasteiger partial charge in [0.15, 0.2) is 0 Å². The first-order valence-electron chi connectivity index (χ1n) is 7.01. The molecule has 7 nitrogen and oxygen atoms in total. The molecule has 1 unspecified atom stereocenters. The van der Waals surface area contributed by atoms with Crippen LogP contribution in [-0.2, 0) is 0 Å². The van der Waals surface area contributed by atoms with Crippen LogP contribution >= 0.6 is 0 Å².